The van der Waals surface area contributed by atoms with Crippen LogP contribution in [0.5, 0.6) is 0 Å². The van der Waals surface area contributed by atoms with Crippen LogP contribution in [0.1, 0.15) is 42.6 Å². The van der Waals surface area contributed by atoms with Gasteiger partial charge in [-0.05, 0) is 12.8 Å². The number of carbonyl (C=O) groups is 2. The lowest BCUT2D eigenvalue weighted by atomic mass is 9.93. The van der Waals surface area contributed by atoms with E-state index in [4.69, 9.17) is 5.11 Å². The van der Waals surface area contributed by atoms with Crippen molar-refractivity contribution in [3.05, 3.63) is 16.6 Å². The van der Waals surface area contributed by atoms with Crippen molar-refractivity contribution in [1.29, 1.82) is 0 Å². The molecule has 2 N–H and O–H groups in total. The van der Waals surface area contributed by atoms with Gasteiger partial charge in [0.1, 0.15) is 5.69 Å². The maximum atomic E-state index is 11.9. The largest absolute Gasteiger partial charge is 0.481 e. The summed E-state index contributed by atoms with van der Waals surface area (Å²) in [5.41, 5.74) is 1.38. The van der Waals surface area contributed by atoms with Crippen LogP contribution in [-0.2, 0) is 4.79 Å². The van der Waals surface area contributed by atoms with E-state index in [1.807, 2.05) is 0 Å². The van der Waals surface area contributed by atoms with Gasteiger partial charge in [-0.1, -0.05) is 12.8 Å². The van der Waals surface area contributed by atoms with Crippen molar-refractivity contribution in [1.82, 2.24) is 10.3 Å². The summed E-state index contributed by atoms with van der Waals surface area (Å²) in [5, 5.41) is 13.4. The summed E-state index contributed by atoms with van der Waals surface area (Å²) in [6.07, 6.45) is 3.38. The second kappa shape index (κ2) is 4.83. The molecule has 0 spiro atoms. The number of carboxylic acids is 1. The van der Waals surface area contributed by atoms with Crippen LogP contribution in [0.25, 0.3) is 0 Å². The lowest BCUT2D eigenvalue weighted by Crippen LogP contribution is -2.47. The van der Waals surface area contributed by atoms with Crippen LogP contribution in [0.4, 0.5) is 0 Å². The van der Waals surface area contributed by atoms with Gasteiger partial charge in [0, 0.05) is 5.38 Å². The minimum absolute atomic E-state index is 0.0110. The Kier molecular flexibility index (Phi) is 3.42. The first-order valence-electron chi connectivity index (χ1n) is 5.54. The average Bonchev–Trinajstić information content (AvgIpc) is 2.86. The van der Waals surface area contributed by atoms with Gasteiger partial charge in [0.2, 0.25) is 0 Å². The molecule has 0 atom stereocenters. The second-order valence-electron chi connectivity index (χ2n) is 4.39. The van der Waals surface area contributed by atoms with Gasteiger partial charge in [-0.3, -0.25) is 9.59 Å². The molecule has 1 aromatic heterocycles. The van der Waals surface area contributed by atoms with Gasteiger partial charge in [-0.2, -0.15) is 0 Å². The fourth-order valence-electron chi connectivity index (χ4n) is 2.32. The molecule has 6 heteroatoms. The van der Waals surface area contributed by atoms with Gasteiger partial charge < -0.3 is 10.4 Å². The normalized spacial score (nSPS) is 17.9. The average molecular weight is 254 g/mol. The molecule has 0 radical (unpaired) electrons. The van der Waals surface area contributed by atoms with E-state index in [0.29, 0.717) is 5.69 Å². The lowest BCUT2D eigenvalue weighted by molar-refractivity contribution is -0.138. The smallest absolute Gasteiger partial charge is 0.305 e. The minimum Gasteiger partial charge on any atom is -0.481 e. The third kappa shape index (κ3) is 2.82. The standard InChI is InChI=1S/C11H14N2O3S/c14-9(15)5-11(3-1-2-4-11)13-10(16)8-6-17-7-12-8/h6-7H,1-5H2,(H,13,16)(H,14,15). The number of aliphatic carboxylic acids is 1. The molecule has 1 aliphatic rings. The van der Waals surface area contributed by atoms with Gasteiger partial charge in [0.25, 0.3) is 5.91 Å². The fourth-order valence-corrected chi connectivity index (χ4v) is 2.85. The molecular weight excluding hydrogens is 240 g/mol. The van der Waals surface area contributed by atoms with Crippen molar-refractivity contribution in [2.45, 2.75) is 37.6 Å². The van der Waals surface area contributed by atoms with Gasteiger partial charge >= 0.3 is 5.97 Å². The number of amides is 1. The van der Waals surface area contributed by atoms with E-state index in [1.165, 1.54) is 11.3 Å². The fraction of sp³-hybridized carbons (Fsp3) is 0.545. The number of rotatable bonds is 4. The van der Waals surface area contributed by atoms with Gasteiger partial charge in [-0.25, -0.2) is 4.98 Å². The van der Waals surface area contributed by atoms with Gasteiger partial charge in [-0.15, -0.1) is 11.3 Å². The Hall–Kier alpha value is -1.43. The van der Waals surface area contributed by atoms with Crippen LogP contribution < -0.4 is 5.32 Å². The Morgan fingerprint density at radius 1 is 1.47 bits per heavy atom. The zero-order valence-corrected chi connectivity index (χ0v) is 10.1. The van der Waals surface area contributed by atoms with Gasteiger partial charge in [0.15, 0.2) is 0 Å². The first-order chi connectivity index (χ1) is 8.11. The number of nitrogens with zero attached hydrogens (tertiary/aromatic N) is 1. The molecule has 1 heterocycles. The number of hydrogen-bond donors (Lipinski definition) is 2. The summed E-state index contributed by atoms with van der Waals surface area (Å²) in [5.74, 6) is -1.14. The first-order valence-corrected chi connectivity index (χ1v) is 6.48. The molecule has 1 aromatic rings. The van der Waals surface area contributed by atoms with Crippen molar-refractivity contribution in [2.24, 2.45) is 0 Å². The van der Waals surface area contributed by atoms with Crippen LogP contribution >= 0.6 is 11.3 Å². The molecule has 17 heavy (non-hydrogen) atoms. The predicted molar refractivity (Wildman–Crippen MR) is 63.0 cm³/mol. The van der Waals surface area contributed by atoms with Crippen LogP contribution in [0, 0.1) is 0 Å². The van der Waals surface area contributed by atoms with Crippen molar-refractivity contribution >= 4 is 23.2 Å². The summed E-state index contributed by atoms with van der Waals surface area (Å²) >= 11 is 1.35. The lowest BCUT2D eigenvalue weighted by Gasteiger charge is -2.28. The van der Waals surface area contributed by atoms with Crippen molar-refractivity contribution in [2.75, 3.05) is 0 Å². The number of hydrogen-bond acceptors (Lipinski definition) is 4. The molecule has 0 bridgehead atoms. The number of nitrogens with one attached hydrogen (secondary N) is 1. The van der Waals surface area contributed by atoms with Crippen LogP contribution in [0.15, 0.2) is 10.9 Å². The maximum Gasteiger partial charge on any atom is 0.305 e. The van der Waals surface area contributed by atoms with Crippen molar-refractivity contribution in [3.8, 4) is 0 Å². The summed E-state index contributed by atoms with van der Waals surface area (Å²) < 4.78 is 0. The van der Waals surface area contributed by atoms with E-state index < -0.39 is 11.5 Å². The van der Waals surface area contributed by atoms with E-state index in [2.05, 4.69) is 10.3 Å². The number of carboxylic acid groups (broad SMARTS) is 1. The highest BCUT2D eigenvalue weighted by molar-refractivity contribution is 7.07. The molecular formula is C11H14N2O3S. The highest BCUT2D eigenvalue weighted by atomic mass is 32.1. The summed E-state index contributed by atoms with van der Waals surface area (Å²) in [6.45, 7) is 0. The third-order valence-corrected chi connectivity index (χ3v) is 3.68. The SMILES string of the molecule is O=C(O)CC1(NC(=O)c2cscn2)CCCC1. The van der Waals surface area contributed by atoms with E-state index >= 15 is 0 Å². The monoisotopic (exact) mass is 254 g/mol. The Morgan fingerprint density at radius 2 is 2.18 bits per heavy atom. The quantitative estimate of drug-likeness (QED) is 0.856. The molecule has 0 aliphatic heterocycles. The first kappa shape index (κ1) is 12.0. The molecule has 1 fully saturated rings. The van der Waals surface area contributed by atoms with Crippen LogP contribution in [0.3, 0.4) is 0 Å². The van der Waals surface area contributed by atoms with Crippen LogP contribution in [-0.4, -0.2) is 27.5 Å². The Morgan fingerprint density at radius 3 is 2.71 bits per heavy atom. The van der Waals surface area contributed by atoms with E-state index in [9.17, 15) is 9.59 Å². The molecule has 0 unspecified atom stereocenters. The number of aromatic nitrogens is 1. The molecule has 92 valence electrons. The van der Waals surface area contributed by atoms with E-state index in [1.54, 1.807) is 10.9 Å². The topological polar surface area (TPSA) is 79.3 Å². The Bertz CT molecular complexity index is 410. The summed E-state index contributed by atoms with van der Waals surface area (Å²) in [7, 11) is 0. The van der Waals surface area contributed by atoms with Gasteiger partial charge in [0.05, 0.1) is 17.5 Å². The highest BCUT2D eigenvalue weighted by Gasteiger charge is 2.37. The summed E-state index contributed by atoms with van der Waals surface area (Å²) in [4.78, 5) is 26.7. The van der Waals surface area contributed by atoms with Crippen molar-refractivity contribution < 1.29 is 14.7 Å². The van der Waals surface area contributed by atoms with E-state index in [0.717, 1.165) is 25.7 Å². The number of carbonyl (C=O) groups excluding carboxylic acids is 1. The minimum atomic E-state index is -0.870. The molecule has 0 saturated heterocycles. The molecule has 1 amide bonds. The zero-order valence-electron chi connectivity index (χ0n) is 9.31. The van der Waals surface area contributed by atoms with E-state index in [-0.39, 0.29) is 12.3 Å². The van der Waals surface area contributed by atoms with Crippen LogP contribution in [0.2, 0.25) is 0 Å². The predicted octanol–water partition coefficient (Wildman–Crippen LogP) is 1.66. The van der Waals surface area contributed by atoms with Crippen molar-refractivity contribution in [3.63, 3.8) is 0 Å². The highest BCUT2D eigenvalue weighted by Crippen LogP contribution is 2.32. The third-order valence-electron chi connectivity index (χ3n) is 3.09. The molecule has 0 aromatic carbocycles. The maximum absolute atomic E-state index is 11.9. The zero-order chi connectivity index (χ0) is 12.3. The molecule has 1 aliphatic carbocycles. The Balaban J connectivity index is 2.08. The summed E-state index contributed by atoms with van der Waals surface area (Å²) in [6, 6.07) is 0. The number of thiazole rings is 1. The molecule has 1 saturated carbocycles. The second-order valence-corrected chi connectivity index (χ2v) is 5.10. The Labute approximate surface area is 103 Å². The molecule has 2 rings (SSSR count). The molecule has 5 nitrogen and oxygen atoms in total.